The van der Waals surface area contributed by atoms with Crippen molar-refractivity contribution in [2.45, 2.75) is 67.2 Å². The van der Waals surface area contributed by atoms with Gasteiger partial charge in [0.1, 0.15) is 5.76 Å². The standard InChI is InChI=1S/C27H30N2O5S/c30-24(16-34-25(31)11-23-26(32)28-21-5-1-2-6-22(21)35-23)29(15-20-4-3-7-33-20)27-12-17-8-18(13-27)10-19(9-17)14-27/h1-7,17-19,23H,8-16H2,(H,28,32). The summed E-state index contributed by atoms with van der Waals surface area (Å²) in [4.78, 5) is 41.5. The van der Waals surface area contributed by atoms with E-state index >= 15 is 0 Å². The van der Waals surface area contributed by atoms with E-state index in [0.29, 0.717) is 24.3 Å². The van der Waals surface area contributed by atoms with Crippen LogP contribution in [0.2, 0.25) is 0 Å². The molecule has 35 heavy (non-hydrogen) atoms. The Bertz CT molecular complexity index is 1100. The van der Waals surface area contributed by atoms with Gasteiger partial charge in [-0.15, -0.1) is 11.8 Å². The molecule has 4 bridgehead atoms. The van der Waals surface area contributed by atoms with E-state index in [9.17, 15) is 14.4 Å². The minimum absolute atomic E-state index is 0.0757. The number of carbonyl (C=O) groups is 3. The van der Waals surface area contributed by atoms with Gasteiger partial charge in [-0.3, -0.25) is 14.4 Å². The summed E-state index contributed by atoms with van der Waals surface area (Å²) >= 11 is 1.35. The number of esters is 1. The second-order valence-electron chi connectivity index (χ2n) is 10.7. The summed E-state index contributed by atoms with van der Waals surface area (Å²) in [5.74, 6) is 1.86. The Kier molecular flexibility index (Phi) is 5.87. The van der Waals surface area contributed by atoms with Crippen LogP contribution in [0.4, 0.5) is 5.69 Å². The van der Waals surface area contributed by atoms with E-state index in [1.165, 1.54) is 31.0 Å². The number of anilines is 1. The monoisotopic (exact) mass is 494 g/mol. The molecule has 1 aromatic heterocycles. The largest absolute Gasteiger partial charge is 0.467 e. The number of nitrogens with one attached hydrogen (secondary N) is 1. The Morgan fingerprint density at radius 3 is 2.46 bits per heavy atom. The molecule has 4 fully saturated rings. The molecule has 4 saturated carbocycles. The van der Waals surface area contributed by atoms with Gasteiger partial charge in [0.25, 0.3) is 5.91 Å². The van der Waals surface area contributed by atoms with Crippen LogP contribution in [-0.2, 0) is 25.7 Å². The zero-order chi connectivity index (χ0) is 24.0. The van der Waals surface area contributed by atoms with E-state index < -0.39 is 11.2 Å². The molecule has 2 heterocycles. The summed E-state index contributed by atoms with van der Waals surface area (Å²) in [7, 11) is 0. The van der Waals surface area contributed by atoms with Crippen LogP contribution in [0.5, 0.6) is 0 Å². The normalized spacial score (nSPS) is 30.5. The topological polar surface area (TPSA) is 88.8 Å². The van der Waals surface area contributed by atoms with Gasteiger partial charge >= 0.3 is 5.97 Å². The summed E-state index contributed by atoms with van der Waals surface area (Å²) < 4.78 is 11.0. The predicted octanol–water partition coefficient (Wildman–Crippen LogP) is 4.62. The quantitative estimate of drug-likeness (QED) is 0.565. The Morgan fingerprint density at radius 2 is 1.77 bits per heavy atom. The molecule has 8 heteroatoms. The van der Waals surface area contributed by atoms with E-state index in [-0.39, 0.29) is 30.4 Å². The van der Waals surface area contributed by atoms with Crippen LogP contribution in [0.3, 0.4) is 0 Å². The van der Waals surface area contributed by atoms with Crippen LogP contribution in [0.25, 0.3) is 0 Å². The number of para-hydroxylation sites is 1. The zero-order valence-corrected chi connectivity index (χ0v) is 20.4. The van der Waals surface area contributed by atoms with Crippen LogP contribution in [0, 0.1) is 17.8 Å². The number of fused-ring (bicyclic) bond motifs is 1. The number of hydrogen-bond donors (Lipinski definition) is 1. The number of carbonyl (C=O) groups excluding carboxylic acids is 3. The number of benzene rings is 1. The van der Waals surface area contributed by atoms with E-state index in [1.54, 1.807) is 6.26 Å². The number of rotatable bonds is 7. The SMILES string of the molecule is O=C(CC1Sc2ccccc2NC1=O)OCC(=O)N(Cc1ccco1)C12CC3CC(CC(C3)C1)C2. The van der Waals surface area contributed by atoms with Crippen molar-refractivity contribution in [2.24, 2.45) is 17.8 Å². The van der Waals surface area contributed by atoms with Crippen molar-refractivity contribution in [3.05, 3.63) is 48.4 Å². The van der Waals surface area contributed by atoms with Gasteiger partial charge in [-0.2, -0.15) is 0 Å². The van der Waals surface area contributed by atoms with E-state index in [2.05, 4.69) is 5.32 Å². The fourth-order valence-electron chi connectivity index (χ4n) is 7.13. The average molecular weight is 495 g/mol. The lowest BCUT2D eigenvalue weighted by Gasteiger charge is -2.60. The highest BCUT2D eigenvalue weighted by Crippen LogP contribution is 2.58. The average Bonchev–Trinajstić information content (AvgIpc) is 3.34. The number of nitrogens with zero attached hydrogens (tertiary/aromatic N) is 1. The molecule has 0 radical (unpaired) electrons. The van der Waals surface area contributed by atoms with Gasteiger partial charge in [-0.25, -0.2) is 0 Å². The molecule has 2 aromatic rings. The minimum Gasteiger partial charge on any atom is -0.467 e. The first-order valence-electron chi connectivity index (χ1n) is 12.5. The van der Waals surface area contributed by atoms with E-state index in [4.69, 9.17) is 9.15 Å². The van der Waals surface area contributed by atoms with Gasteiger partial charge in [0.15, 0.2) is 6.61 Å². The highest BCUT2D eigenvalue weighted by molar-refractivity contribution is 8.01. The lowest BCUT2D eigenvalue weighted by atomic mass is 9.52. The smallest absolute Gasteiger partial charge is 0.307 e. The van der Waals surface area contributed by atoms with Gasteiger partial charge in [0.2, 0.25) is 5.91 Å². The van der Waals surface area contributed by atoms with Gasteiger partial charge in [0.05, 0.1) is 30.2 Å². The maximum absolute atomic E-state index is 13.5. The fourth-order valence-corrected chi connectivity index (χ4v) is 8.23. The van der Waals surface area contributed by atoms with Crippen molar-refractivity contribution in [3.8, 4) is 0 Å². The highest BCUT2D eigenvalue weighted by atomic mass is 32.2. The molecule has 1 atom stereocenters. The number of furan rings is 1. The summed E-state index contributed by atoms with van der Waals surface area (Å²) in [6.07, 6.45) is 8.47. The minimum atomic E-state index is -0.574. The predicted molar refractivity (Wildman–Crippen MR) is 130 cm³/mol. The Labute approximate surface area is 208 Å². The van der Waals surface area contributed by atoms with Crippen LogP contribution in [0.15, 0.2) is 52.0 Å². The van der Waals surface area contributed by atoms with Crippen molar-refractivity contribution in [2.75, 3.05) is 11.9 Å². The molecule has 0 spiro atoms. The van der Waals surface area contributed by atoms with Gasteiger partial charge < -0.3 is 19.4 Å². The molecule has 184 valence electrons. The number of ether oxygens (including phenoxy) is 1. The van der Waals surface area contributed by atoms with E-state index in [0.717, 1.165) is 35.6 Å². The summed E-state index contributed by atoms with van der Waals surface area (Å²) in [5.41, 5.74) is 0.583. The zero-order valence-electron chi connectivity index (χ0n) is 19.6. The van der Waals surface area contributed by atoms with E-state index in [1.807, 2.05) is 41.3 Å². The molecular formula is C27H30N2O5S. The molecule has 5 aliphatic rings. The molecule has 1 aromatic carbocycles. The first kappa shape index (κ1) is 22.7. The summed E-state index contributed by atoms with van der Waals surface area (Å²) in [6.45, 7) is 0.0874. The van der Waals surface area contributed by atoms with Crippen molar-refractivity contribution < 1.29 is 23.5 Å². The molecule has 0 saturated heterocycles. The highest BCUT2D eigenvalue weighted by Gasteiger charge is 2.54. The summed E-state index contributed by atoms with van der Waals surface area (Å²) in [5, 5.41) is 2.27. The molecular weight excluding hydrogens is 464 g/mol. The van der Waals surface area contributed by atoms with Crippen molar-refractivity contribution >= 4 is 35.2 Å². The Morgan fingerprint density at radius 1 is 1.06 bits per heavy atom. The van der Waals surface area contributed by atoms with Crippen molar-refractivity contribution in [3.63, 3.8) is 0 Å². The lowest BCUT2D eigenvalue weighted by Crippen LogP contribution is -2.61. The molecule has 7 nitrogen and oxygen atoms in total. The molecule has 1 unspecified atom stereocenters. The molecule has 2 amide bonds. The number of thioether (sulfide) groups is 1. The third kappa shape index (κ3) is 4.48. The first-order valence-corrected chi connectivity index (χ1v) is 13.4. The fraction of sp³-hybridized carbons (Fsp3) is 0.519. The Balaban J connectivity index is 1.12. The second-order valence-corrected chi connectivity index (χ2v) is 11.9. The maximum atomic E-state index is 13.5. The van der Waals surface area contributed by atoms with Crippen LogP contribution >= 0.6 is 11.8 Å². The van der Waals surface area contributed by atoms with Crippen LogP contribution in [0.1, 0.15) is 50.7 Å². The number of hydrogen-bond acceptors (Lipinski definition) is 6. The lowest BCUT2D eigenvalue weighted by molar-refractivity contribution is -0.163. The van der Waals surface area contributed by atoms with Crippen molar-refractivity contribution in [1.82, 2.24) is 4.90 Å². The Hall–Kier alpha value is -2.74. The molecule has 1 N–H and O–H groups in total. The van der Waals surface area contributed by atoms with Crippen LogP contribution in [-0.4, -0.2) is 40.1 Å². The first-order chi connectivity index (χ1) is 17.0. The third-order valence-corrected chi connectivity index (χ3v) is 9.46. The van der Waals surface area contributed by atoms with Gasteiger partial charge in [-0.05, 0) is 80.5 Å². The number of amides is 2. The molecule has 1 aliphatic heterocycles. The molecule has 7 rings (SSSR count). The molecule has 4 aliphatic carbocycles. The summed E-state index contributed by atoms with van der Waals surface area (Å²) in [6, 6.07) is 11.2. The maximum Gasteiger partial charge on any atom is 0.307 e. The third-order valence-electron chi connectivity index (χ3n) is 8.19. The van der Waals surface area contributed by atoms with Crippen molar-refractivity contribution in [1.29, 1.82) is 0 Å². The second kappa shape index (κ2) is 9.04. The van der Waals surface area contributed by atoms with Gasteiger partial charge in [0, 0.05) is 10.4 Å². The van der Waals surface area contributed by atoms with Gasteiger partial charge in [-0.1, -0.05) is 12.1 Å². The van der Waals surface area contributed by atoms with Crippen LogP contribution < -0.4 is 5.32 Å².